The van der Waals surface area contributed by atoms with Crippen molar-refractivity contribution in [3.05, 3.63) is 90.1 Å². The first kappa shape index (κ1) is 18.7. The fraction of sp³-hybridized carbons (Fsp3) is 0.200. The minimum atomic E-state index is -0.881. The molecule has 6 rings (SSSR count). The molecular weight excluding hydrogens is 402 g/mol. The molecule has 2 aromatic heterocycles. The first-order valence-corrected chi connectivity index (χ1v) is 10.6. The summed E-state index contributed by atoms with van der Waals surface area (Å²) < 4.78 is 1.90. The van der Waals surface area contributed by atoms with Crippen LogP contribution in [0.5, 0.6) is 0 Å². The number of likely N-dealkylation sites (tertiary alicyclic amines) is 1. The second-order valence-corrected chi connectivity index (χ2v) is 8.39. The molecule has 2 atom stereocenters. The highest BCUT2D eigenvalue weighted by Gasteiger charge is 2.60. The van der Waals surface area contributed by atoms with Gasteiger partial charge in [0.1, 0.15) is 17.3 Å². The van der Waals surface area contributed by atoms with E-state index in [1.807, 2.05) is 77.3 Å². The molecule has 7 heteroatoms. The van der Waals surface area contributed by atoms with E-state index in [1.54, 1.807) is 12.4 Å². The van der Waals surface area contributed by atoms with E-state index in [9.17, 15) is 9.59 Å². The van der Waals surface area contributed by atoms with Crippen LogP contribution < -0.4 is 5.32 Å². The monoisotopic (exact) mass is 423 g/mol. The lowest BCUT2D eigenvalue weighted by Gasteiger charge is -2.33. The van der Waals surface area contributed by atoms with Crippen LogP contribution in [0.3, 0.4) is 0 Å². The predicted octanol–water partition coefficient (Wildman–Crippen LogP) is 3.45. The zero-order valence-corrected chi connectivity index (χ0v) is 17.5. The summed E-state index contributed by atoms with van der Waals surface area (Å²) in [4.78, 5) is 38.3. The number of fused-ring (bicyclic) bond motifs is 3. The van der Waals surface area contributed by atoms with Gasteiger partial charge in [-0.1, -0.05) is 30.3 Å². The van der Waals surface area contributed by atoms with Crippen molar-refractivity contribution in [2.24, 2.45) is 7.05 Å². The van der Waals surface area contributed by atoms with Crippen LogP contribution in [0.2, 0.25) is 0 Å². The van der Waals surface area contributed by atoms with E-state index < -0.39 is 11.5 Å². The average molecular weight is 423 g/mol. The van der Waals surface area contributed by atoms with Gasteiger partial charge in [-0.05, 0) is 36.2 Å². The molecule has 1 spiro atoms. The molecule has 2 aliphatic heterocycles. The van der Waals surface area contributed by atoms with Crippen molar-refractivity contribution < 1.29 is 9.59 Å². The SMILES string of the molecule is Cn1ccnc1[C@@H]1N(C(=O)c2cccc3ncccc23)CC[C@]12C(=O)Nc1ccccc12. The Hall–Kier alpha value is -4.00. The first-order valence-electron chi connectivity index (χ1n) is 10.6. The number of nitrogens with zero attached hydrogens (tertiary/aromatic N) is 4. The smallest absolute Gasteiger partial charge is 0.255 e. The fourth-order valence-electron chi connectivity index (χ4n) is 5.35. The number of nitrogens with one attached hydrogen (secondary N) is 1. The normalized spacial score (nSPS) is 21.8. The number of imidazole rings is 1. The first-order chi connectivity index (χ1) is 15.6. The minimum absolute atomic E-state index is 0.0819. The molecule has 4 heterocycles. The van der Waals surface area contributed by atoms with Gasteiger partial charge >= 0.3 is 0 Å². The number of carbonyl (C=O) groups is 2. The topological polar surface area (TPSA) is 80.1 Å². The third-order valence-electron chi connectivity index (χ3n) is 6.83. The predicted molar refractivity (Wildman–Crippen MR) is 120 cm³/mol. The summed E-state index contributed by atoms with van der Waals surface area (Å²) in [5, 5.41) is 3.85. The zero-order valence-electron chi connectivity index (χ0n) is 17.5. The van der Waals surface area contributed by atoms with E-state index in [0.29, 0.717) is 24.4 Å². The lowest BCUT2D eigenvalue weighted by atomic mass is 9.74. The molecule has 1 saturated heterocycles. The summed E-state index contributed by atoms with van der Waals surface area (Å²) in [7, 11) is 1.90. The van der Waals surface area contributed by atoms with E-state index in [1.165, 1.54) is 0 Å². The number of anilines is 1. The van der Waals surface area contributed by atoms with Crippen molar-refractivity contribution in [2.45, 2.75) is 17.9 Å². The molecule has 0 unspecified atom stereocenters. The Labute approximate surface area is 184 Å². The van der Waals surface area contributed by atoms with Crippen LogP contribution in [-0.2, 0) is 17.3 Å². The molecule has 158 valence electrons. The molecule has 7 nitrogen and oxygen atoms in total. The molecule has 4 aromatic rings. The van der Waals surface area contributed by atoms with E-state index in [0.717, 1.165) is 22.2 Å². The van der Waals surface area contributed by atoms with Gasteiger partial charge in [0, 0.05) is 48.8 Å². The summed E-state index contributed by atoms with van der Waals surface area (Å²) >= 11 is 0. The molecule has 2 aliphatic rings. The maximum absolute atomic E-state index is 14.0. The van der Waals surface area contributed by atoms with Crippen LogP contribution in [0, 0.1) is 0 Å². The van der Waals surface area contributed by atoms with E-state index >= 15 is 0 Å². The van der Waals surface area contributed by atoms with E-state index in [4.69, 9.17) is 0 Å². The van der Waals surface area contributed by atoms with E-state index in [2.05, 4.69) is 15.3 Å². The summed E-state index contributed by atoms with van der Waals surface area (Å²) in [6, 6.07) is 16.6. The van der Waals surface area contributed by atoms with Crippen molar-refractivity contribution in [3.63, 3.8) is 0 Å². The van der Waals surface area contributed by atoms with Crippen LogP contribution in [0.25, 0.3) is 10.9 Å². The largest absolute Gasteiger partial charge is 0.336 e. The number of rotatable bonds is 2. The molecule has 0 aliphatic carbocycles. The number of aryl methyl sites for hydroxylation is 1. The van der Waals surface area contributed by atoms with Crippen molar-refractivity contribution in [2.75, 3.05) is 11.9 Å². The number of benzene rings is 2. The van der Waals surface area contributed by atoms with Crippen molar-refractivity contribution in [3.8, 4) is 0 Å². The Morgan fingerprint density at radius 1 is 1.06 bits per heavy atom. The summed E-state index contributed by atoms with van der Waals surface area (Å²) in [5.41, 5.74) is 2.20. The van der Waals surface area contributed by atoms with Crippen molar-refractivity contribution in [1.29, 1.82) is 0 Å². The lowest BCUT2D eigenvalue weighted by molar-refractivity contribution is -0.121. The molecule has 0 bridgehead atoms. The van der Waals surface area contributed by atoms with Crippen molar-refractivity contribution in [1.82, 2.24) is 19.4 Å². The maximum Gasteiger partial charge on any atom is 0.255 e. The summed E-state index contributed by atoms with van der Waals surface area (Å²) in [5.74, 6) is 0.494. The molecular formula is C25H21N5O2. The van der Waals surface area contributed by atoms with Crippen molar-refractivity contribution >= 4 is 28.4 Å². The van der Waals surface area contributed by atoms with Gasteiger partial charge in [-0.25, -0.2) is 4.98 Å². The van der Waals surface area contributed by atoms with Crippen LogP contribution >= 0.6 is 0 Å². The molecule has 2 aromatic carbocycles. The second kappa shape index (κ2) is 6.75. The van der Waals surface area contributed by atoms with Crippen LogP contribution in [0.4, 0.5) is 5.69 Å². The van der Waals surface area contributed by atoms with Crippen LogP contribution in [0.15, 0.2) is 73.2 Å². The quantitative estimate of drug-likeness (QED) is 0.536. The third-order valence-corrected chi connectivity index (χ3v) is 6.83. The minimum Gasteiger partial charge on any atom is -0.336 e. The average Bonchev–Trinajstić information content (AvgIpc) is 3.49. The van der Waals surface area contributed by atoms with Gasteiger partial charge in [0.05, 0.1) is 5.52 Å². The Kier molecular flexibility index (Phi) is 3.95. The summed E-state index contributed by atoms with van der Waals surface area (Å²) in [6.45, 7) is 0.453. The van der Waals surface area contributed by atoms with Gasteiger partial charge in [0.25, 0.3) is 5.91 Å². The Morgan fingerprint density at radius 2 is 1.94 bits per heavy atom. The number of para-hydroxylation sites is 1. The Balaban J connectivity index is 1.54. The molecule has 2 amide bonds. The Bertz CT molecular complexity index is 1390. The van der Waals surface area contributed by atoms with Gasteiger partial charge < -0.3 is 14.8 Å². The van der Waals surface area contributed by atoms with Gasteiger partial charge in [-0.3, -0.25) is 14.6 Å². The molecule has 1 fully saturated rings. The number of hydrogen-bond donors (Lipinski definition) is 1. The maximum atomic E-state index is 14.0. The van der Waals surface area contributed by atoms with Gasteiger partial charge in [0.15, 0.2) is 0 Å². The highest BCUT2D eigenvalue weighted by atomic mass is 16.2. The highest BCUT2D eigenvalue weighted by Crippen LogP contribution is 2.54. The molecule has 32 heavy (non-hydrogen) atoms. The summed E-state index contributed by atoms with van der Waals surface area (Å²) in [6.07, 6.45) is 5.81. The molecule has 0 radical (unpaired) electrons. The van der Waals surface area contributed by atoms with Crippen LogP contribution in [-0.4, -0.2) is 37.8 Å². The standard InChI is InChI=1S/C25H21N5O2/c1-29-15-13-27-22(29)21-25(18-8-2-3-9-20(18)28-24(25)32)11-14-30(21)23(31)17-6-4-10-19-16(17)7-5-12-26-19/h2-10,12-13,15,21H,11,14H2,1H3,(H,28,32)/t21-,25+/m0/s1. The third kappa shape index (κ3) is 2.42. The van der Waals surface area contributed by atoms with E-state index in [-0.39, 0.29) is 11.8 Å². The number of aromatic nitrogens is 3. The zero-order chi connectivity index (χ0) is 21.9. The number of pyridine rings is 1. The fourth-order valence-corrected chi connectivity index (χ4v) is 5.35. The molecule has 0 saturated carbocycles. The van der Waals surface area contributed by atoms with Crippen LogP contribution in [0.1, 0.15) is 34.2 Å². The Morgan fingerprint density at radius 3 is 2.78 bits per heavy atom. The van der Waals surface area contributed by atoms with Gasteiger partial charge in [0.2, 0.25) is 5.91 Å². The second-order valence-electron chi connectivity index (χ2n) is 8.39. The highest BCUT2D eigenvalue weighted by molar-refractivity contribution is 6.10. The van der Waals surface area contributed by atoms with Gasteiger partial charge in [-0.2, -0.15) is 0 Å². The van der Waals surface area contributed by atoms with Gasteiger partial charge in [-0.15, -0.1) is 0 Å². The molecule has 1 N–H and O–H groups in total. The number of carbonyl (C=O) groups excluding carboxylic acids is 2. The lowest BCUT2D eigenvalue weighted by Crippen LogP contribution is -2.43. The number of amides is 2. The number of hydrogen-bond acceptors (Lipinski definition) is 4.